The Hall–Kier alpha value is -1.62. The van der Waals surface area contributed by atoms with Crippen LogP contribution in [-0.4, -0.2) is 36.7 Å². The summed E-state index contributed by atoms with van der Waals surface area (Å²) in [6.45, 7) is 4.85. The lowest BCUT2D eigenvalue weighted by Gasteiger charge is -2.32. The topological polar surface area (TPSA) is 68.5 Å². The lowest BCUT2D eigenvalue weighted by molar-refractivity contribution is 0.0374. The van der Waals surface area contributed by atoms with Crippen LogP contribution >= 0.6 is 0 Å². The molecule has 0 unspecified atom stereocenters. The van der Waals surface area contributed by atoms with E-state index in [2.05, 4.69) is 16.8 Å². The van der Waals surface area contributed by atoms with Gasteiger partial charge in [-0.05, 0) is 31.4 Å². The zero-order chi connectivity index (χ0) is 13.7. The molecular formula is C14H21N3O2. The Kier molecular flexibility index (Phi) is 4.74. The lowest BCUT2D eigenvalue weighted by atomic mass is 10.1. The van der Waals surface area contributed by atoms with Gasteiger partial charge in [-0.1, -0.05) is 6.92 Å². The van der Waals surface area contributed by atoms with Crippen molar-refractivity contribution in [3.63, 3.8) is 0 Å². The lowest BCUT2D eigenvalue weighted by Crippen LogP contribution is -2.37. The number of amides is 1. The maximum Gasteiger partial charge on any atom is 0.250 e. The molecule has 1 aliphatic heterocycles. The van der Waals surface area contributed by atoms with Gasteiger partial charge in [0.05, 0.1) is 11.7 Å². The molecule has 2 heterocycles. The quantitative estimate of drug-likeness (QED) is 0.875. The van der Waals surface area contributed by atoms with Gasteiger partial charge < -0.3 is 15.4 Å². The van der Waals surface area contributed by atoms with Crippen LogP contribution < -0.4 is 10.6 Å². The van der Waals surface area contributed by atoms with Gasteiger partial charge in [-0.25, -0.2) is 4.98 Å². The number of aromatic nitrogens is 1. The number of nitrogens with two attached hydrogens (primary N) is 1. The summed E-state index contributed by atoms with van der Waals surface area (Å²) in [5.41, 5.74) is 5.65. The molecule has 5 heteroatoms. The predicted octanol–water partition coefficient (Wildman–Crippen LogP) is 1.58. The number of nitrogens with zero attached hydrogens (tertiary/aromatic N) is 2. The van der Waals surface area contributed by atoms with Gasteiger partial charge in [-0.3, -0.25) is 4.79 Å². The minimum atomic E-state index is -0.439. The van der Waals surface area contributed by atoms with E-state index >= 15 is 0 Å². The van der Waals surface area contributed by atoms with Gasteiger partial charge in [-0.15, -0.1) is 0 Å². The van der Waals surface area contributed by atoms with E-state index < -0.39 is 5.91 Å². The molecule has 1 fully saturated rings. The highest BCUT2D eigenvalue weighted by atomic mass is 16.5. The highest BCUT2D eigenvalue weighted by Gasteiger charge is 2.20. The Labute approximate surface area is 113 Å². The number of primary amides is 1. The van der Waals surface area contributed by atoms with Crippen LogP contribution in [0.15, 0.2) is 18.3 Å². The fourth-order valence-corrected chi connectivity index (χ4v) is 2.25. The van der Waals surface area contributed by atoms with Crippen LogP contribution in [0.3, 0.4) is 0 Å². The third-order valence-corrected chi connectivity index (χ3v) is 3.36. The van der Waals surface area contributed by atoms with Crippen molar-refractivity contribution in [2.24, 2.45) is 5.73 Å². The molecule has 1 amide bonds. The van der Waals surface area contributed by atoms with Gasteiger partial charge >= 0.3 is 0 Å². The van der Waals surface area contributed by atoms with Crippen LogP contribution in [0.2, 0.25) is 0 Å². The van der Waals surface area contributed by atoms with Gasteiger partial charge in [0.2, 0.25) is 5.91 Å². The highest BCUT2D eigenvalue weighted by molar-refractivity contribution is 5.92. The maximum absolute atomic E-state index is 11.0. The Morgan fingerprint density at radius 2 is 2.21 bits per heavy atom. The molecule has 1 aliphatic rings. The number of pyridine rings is 1. The Morgan fingerprint density at radius 3 is 2.74 bits per heavy atom. The zero-order valence-electron chi connectivity index (χ0n) is 11.3. The molecule has 0 radical (unpaired) electrons. The molecule has 1 aromatic heterocycles. The van der Waals surface area contributed by atoms with Crippen LogP contribution in [-0.2, 0) is 4.74 Å². The number of rotatable bonds is 5. The SMILES string of the molecule is CCCOC1CCN(c2ccc(C(N)=O)cn2)CC1. The van der Waals surface area contributed by atoms with Crippen molar-refractivity contribution in [3.8, 4) is 0 Å². The Morgan fingerprint density at radius 1 is 1.47 bits per heavy atom. The number of ether oxygens (including phenoxy) is 1. The van der Waals surface area contributed by atoms with Crippen LogP contribution in [0.25, 0.3) is 0 Å². The first-order valence-electron chi connectivity index (χ1n) is 6.83. The third kappa shape index (κ3) is 3.67. The van der Waals surface area contributed by atoms with E-state index in [1.54, 1.807) is 6.07 Å². The zero-order valence-corrected chi connectivity index (χ0v) is 11.3. The summed E-state index contributed by atoms with van der Waals surface area (Å²) in [5.74, 6) is 0.463. The van der Waals surface area contributed by atoms with Crippen molar-refractivity contribution in [1.29, 1.82) is 0 Å². The van der Waals surface area contributed by atoms with Crippen molar-refractivity contribution < 1.29 is 9.53 Å². The van der Waals surface area contributed by atoms with Gasteiger partial charge in [-0.2, -0.15) is 0 Å². The van der Waals surface area contributed by atoms with E-state index in [0.29, 0.717) is 11.7 Å². The van der Waals surface area contributed by atoms with Gasteiger partial charge in [0.1, 0.15) is 5.82 Å². The van der Waals surface area contributed by atoms with Gasteiger partial charge in [0, 0.05) is 25.9 Å². The number of piperidine rings is 1. The summed E-state index contributed by atoms with van der Waals surface area (Å²) in [6.07, 6.45) is 5.03. The first-order chi connectivity index (χ1) is 9.20. The molecule has 0 bridgehead atoms. The van der Waals surface area contributed by atoms with Crippen LogP contribution in [0, 0.1) is 0 Å². The fourth-order valence-electron chi connectivity index (χ4n) is 2.25. The standard InChI is InChI=1S/C14H21N3O2/c1-2-9-19-12-5-7-17(8-6-12)13-4-3-11(10-16-13)14(15)18/h3-4,10,12H,2,5-9H2,1H3,(H2,15,18). The maximum atomic E-state index is 11.0. The molecule has 0 saturated carbocycles. The molecule has 104 valence electrons. The van der Waals surface area contributed by atoms with Gasteiger partial charge in [0.25, 0.3) is 0 Å². The minimum Gasteiger partial charge on any atom is -0.378 e. The Bertz CT molecular complexity index is 411. The normalized spacial score (nSPS) is 16.6. The number of hydrogen-bond donors (Lipinski definition) is 1. The largest absolute Gasteiger partial charge is 0.378 e. The number of carbonyl (C=O) groups excluding carboxylic acids is 1. The smallest absolute Gasteiger partial charge is 0.250 e. The second-order valence-electron chi connectivity index (χ2n) is 4.83. The molecular weight excluding hydrogens is 242 g/mol. The monoisotopic (exact) mass is 263 g/mol. The van der Waals surface area contributed by atoms with E-state index in [1.165, 1.54) is 6.20 Å². The van der Waals surface area contributed by atoms with Crippen molar-refractivity contribution >= 4 is 11.7 Å². The Balaban J connectivity index is 1.88. The van der Waals surface area contributed by atoms with Crippen molar-refractivity contribution in [2.75, 3.05) is 24.6 Å². The summed E-state index contributed by atoms with van der Waals surface area (Å²) in [7, 11) is 0. The van der Waals surface area contributed by atoms with E-state index in [-0.39, 0.29) is 0 Å². The van der Waals surface area contributed by atoms with Crippen molar-refractivity contribution in [1.82, 2.24) is 4.98 Å². The second-order valence-corrected chi connectivity index (χ2v) is 4.83. The molecule has 1 aromatic rings. The molecule has 2 rings (SSSR count). The molecule has 0 aromatic carbocycles. The van der Waals surface area contributed by atoms with Crippen LogP contribution in [0.4, 0.5) is 5.82 Å². The fraction of sp³-hybridized carbons (Fsp3) is 0.571. The first-order valence-corrected chi connectivity index (χ1v) is 6.83. The third-order valence-electron chi connectivity index (χ3n) is 3.36. The van der Waals surface area contributed by atoms with Crippen molar-refractivity contribution in [3.05, 3.63) is 23.9 Å². The average molecular weight is 263 g/mol. The molecule has 0 atom stereocenters. The number of carbonyl (C=O) groups is 1. The summed E-state index contributed by atoms with van der Waals surface area (Å²) >= 11 is 0. The molecule has 5 nitrogen and oxygen atoms in total. The molecule has 2 N–H and O–H groups in total. The summed E-state index contributed by atoms with van der Waals surface area (Å²) in [4.78, 5) is 17.5. The van der Waals surface area contributed by atoms with E-state index in [4.69, 9.17) is 10.5 Å². The molecule has 0 aliphatic carbocycles. The van der Waals surface area contributed by atoms with E-state index in [1.807, 2.05) is 6.07 Å². The molecule has 1 saturated heterocycles. The van der Waals surface area contributed by atoms with Gasteiger partial charge in [0.15, 0.2) is 0 Å². The van der Waals surface area contributed by atoms with Crippen LogP contribution in [0.1, 0.15) is 36.5 Å². The van der Waals surface area contributed by atoms with Crippen LogP contribution in [0.5, 0.6) is 0 Å². The number of hydrogen-bond acceptors (Lipinski definition) is 4. The average Bonchev–Trinajstić information content (AvgIpc) is 2.46. The molecule has 19 heavy (non-hydrogen) atoms. The van der Waals surface area contributed by atoms with E-state index in [9.17, 15) is 4.79 Å². The van der Waals surface area contributed by atoms with E-state index in [0.717, 1.165) is 44.8 Å². The molecule has 0 spiro atoms. The summed E-state index contributed by atoms with van der Waals surface area (Å²) in [6, 6.07) is 3.58. The predicted molar refractivity (Wildman–Crippen MR) is 74.2 cm³/mol. The summed E-state index contributed by atoms with van der Waals surface area (Å²) < 4.78 is 5.76. The number of anilines is 1. The first kappa shape index (κ1) is 13.8. The van der Waals surface area contributed by atoms with Crippen molar-refractivity contribution in [2.45, 2.75) is 32.3 Å². The highest BCUT2D eigenvalue weighted by Crippen LogP contribution is 2.19. The second kappa shape index (κ2) is 6.52. The minimum absolute atomic E-state index is 0.376. The summed E-state index contributed by atoms with van der Waals surface area (Å²) in [5, 5.41) is 0.